The molecule has 0 saturated carbocycles. The zero-order valence-electron chi connectivity index (χ0n) is 17.9. The lowest BCUT2D eigenvalue weighted by molar-refractivity contribution is -0.118. The van der Waals surface area contributed by atoms with Crippen LogP contribution in [0.1, 0.15) is 5.56 Å². The monoisotopic (exact) mass is 456 g/mol. The summed E-state index contributed by atoms with van der Waals surface area (Å²) in [5.74, 6) is 1.01. The summed E-state index contributed by atoms with van der Waals surface area (Å²) in [7, 11) is -0.719. The highest BCUT2D eigenvalue weighted by atomic mass is 32.2. The van der Waals surface area contributed by atoms with Crippen LogP contribution in [0.2, 0.25) is 0 Å². The Morgan fingerprint density at radius 2 is 1.56 bits per heavy atom. The van der Waals surface area contributed by atoms with E-state index in [9.17, 15) is 13.2 Å². The van der Waals surface area contributed by atoms with E-state index >= 15 is 0 Å². The van der Waals surface area contributed by atoms with Crippen molar-refractivity contribution in [2.75, 3.05) is 30.9 Å². The second kappa shape index (κ2) is 10.1. The molecule has 3 aromatic carbocycles. The molecule has 0 saturated heterocycles. The summed E-state index contributed by atoms with van der Waals surface area (Å²) >= 11 is 0. The summed E-state index contributed by atoms with van der Waals surface area (Å²) in [6.45, 7) is 1.56. The number of sulfonamides is 1. The van der Waals surface area contributed by atoms with Crippen LogP contribution in [0.3, 0.4) is 0 Å². The molecule has 0 bridgehead atoms. The summed E-state index contributed by atoms with van der Waals surface area (Å²) in [6.07, 6.45) is 0. The minimum absolute atomic E-state index is 0.0838. The van der Waals surface area contributed by atoms with Crippen molar-refractivity contribution in [3.8, 4) is 17.2 Å². The smallest absolute Gasteiger partial charge is 0.262 e. The third-order valence-electron chi connectivity index (χ3n) is 4.58. The lowest BCUT2D eigenvalue weighted by Crippen LogP contribution is -2.20. The summed E-state index contributed by atoms with van der Waals surface area (Å²) in [6, 6.07) is 17.9. The van der Waals surface area contributed by atoms with Crippen LogP contribution >= 0.6 is 0 Å². The second-order valence-corrected chi connectivity index (χ2v) is 8.48. The van der Waals surface area contributed by atoms with Crippen LogP contribution in [-0.2, 0) is 14.8 Å². The molecule has 9 heteroatoms. The highest BCUT2D eigenvalue weighted by Crippen LogP contribution is 2.29. The molecule has 0 aliphatic carbocycles. The molecule has 8 nitrogen and oxygen atoms in total. The van der Waals surface area contributed by atoms with Gasteiger partial charge in [-0.1, -0.05) is 18.2 Å². The molecule has 0 aliphatic rings. The van der Waals surface area contributed by atoms with Gasteiger partial charge in [0.25, 0.3) is 15.9 Å². The third kappa shape index (κ3) is 5.70. The van der Waals surface area contributed by atoms with Gasteiger partial charge in [0.05, 0.1) is 30.5 Å². The average Bonchev–Trinajstić information content (AvgIpc) is 2.79. The normalized spacial score (nSPS) is 10.8. The lowest BCUT2D eigenvalue weighted by atomic mass is 10.2. The number of rotatable bonds is 9. The van der Waals surface area contributed by atoms with E-state index in [1.54, 1.807) is 30.3 Å². The van der Waals surface area contributed by atoms with E-state index in [-0.39, 0.29) is 11.5 Å². The number of hydrogen-bond donors (Lipinski definition) is 2. The number of ether oxygens (including phenoxy) is 3. The summed E-state index contributed by atoms with van der Waals surface area (Å²) < 4.78 is 43.6. The molecule has 3 aromatic rings. The van der Waals surface area contributed by atoms with E-state index < -0.39 is 15.9 Å². The lowest BCUT2D eigenvalue weighted by Gasteiger charge is -2.13. The van der Waals surface area contributed by atoms with Crippen LogP contribution in [0.5, 0.6) is 17.2 Å². The van der Waals surface area contributed by atoms with Crippen molar-refractivity contribution >= 4 is 27.3 Å². The van der Waals surface area contributed by atoms with E-state index in [1.807, 2.05) is 19.1 Å². The Kier molecular flexibility index (Phi) is 7.21. The van der Waals surface area contributed by atoms with Gasteiger partial charge >= 0.3 is 0 Å². The molecule has 0 unspecified atom stereocenters. The van der Waals surface area contributed by atoms with Gasteiger partial charge in [0, 0.05) is 6.07 Å². The first-order chi connectivity index (χ1) is 15.3. The van der Waals surface area contributed by atoms with Gasteiger partial charge in [-0.05, 0) is 55.0 Å². The maximum Gasteiger partial charge on any atom is 0.262 e. The van der Waals surface area contributed by atoms with E-state index in [0.717, 1.165) is 5.56 Å². The molecule has 0 fully saturated rings. The van der Waals surface area contributed by atoms with Crippen LogP contribution in [-0.4, -0.2) is 35.2 Å². The zero-order valence-corrected chi connectivity index (χ0v) is 18.7. The SMILES string of the molecule is COc1ccc(NC(=O)COc2ccc(S(=O)(=O)Nc3ccccc3C)cc2)c(OC)c1. The van der Waals surface area contributed by atoms with Gasteiger partial charge in [-0.15, -0.1) is 0 Å². The fourth-order valence-electron chi connectivity index (χ4n) is 2.84. The van der Waals surface area contributed by atoms with Gasteiger partial charge in [0.1, 0.15) is 17.2 Å². The number of nitrogens with one attached hydrogen (secondary N) is 2. The van der Waals surface area contributed by atoms with Crippen molar-refractivity contribution in [3.05, 3.63) is 72.3 Å². The van der Waals surface area contributed by atoms with Crippen molar-refractivity contribution in [2.45, 2.75) is 11.8 Å². The fourth-order valence-corrected chi connectivity index (χ4v) is 3.97. The van der Waals surface area contributed by atoms with Gasteiger partial charge in [-0.25, -0.2) is 8.42 Å². The zero-order chi connectivity index (χ0) is 23.1. The van der Waals surface area contributed by atoms with Crippen LogP contribution in [0.15, 0.2) is 71.6 Å². The predicted octanol–water partition coefficient (Wildman–Crippen LogP) is 3.83. The maximum atomic E-state index is 12.6. The van der Waals surface area contributed by atoms with Crippen molar-refractivity contribution < 1.29 is 27.4 Å². The number of carbonyl (C=O) groups excluding carboxylic acids is 1. The van der Waals surface area contributed by atoms with Crippen LogP contribution in [0.4, 0.5) is 11.4 Å². The Hall–Kier alpha value is -3.72. The molecule has 1 amide bonds. The number of amides is 1. The van der Waals surface area contributed by atoms with E-state index in [2.05, 4.69) is 10.0 Å². The molecule has 32 heavy (non-hydrogen) atoms. The number of hydrogen-bond acceptors (Lipinski definition) is 6. The number of carbonyl (C=O) groups is 1. The molecule has 0 aromatic heterocycles. The van der Waals surface area contributed by atoms with E-state index in [4.69, 9.17) is 14.2 Å². The summed E-state index contributed by atoms with van der Waals surface area (Å²) in [4.78, 5) is 12.3. The minimum atomic E-state index is -3.75. The first kappa shape index (κ1) is 23.0. The summed E-state index contributed by atoms with van der Waals surface area (Å²) in [5.41, 5.74) is 1.81. The Morgan fingerprint density at radius 3 is 2.22 bits per heavy atom. The van der Waals surface area contributed by atoms with Gasteiger partial charge < -0.3 is 19.5 Å². The maximum absolute atomic E-state index is 12.6. The number of para-hydroxylation sites is 1. The first-order valence-electron chi connectivity index (χ1n) is 9.65. The molecule has 0 aliphatic heterocycles. The van der Waals surface area contributed by atoms with Crippen molar-refractivity contribution in [1.29, 1.82) is 0 Å². The Balaban J connectivity index is 1.60. The highest BCUT2D eigenvalue weighted by molar-refractivity contribution is 7.92. The van der Waals surface area contributed by atoms with Gasteiger partial charge in [0.2, 0.25) is 0 Å². The van der Waals surface area contributed by atoms with Gasteiger partial charge in [0.15, 0.2) is 6.61 Å². The Labute approximate surface area is 187 Å². The largest absolute Gasteiger partial charge is 0.497 e. The molecule has 2 N–H and O–H groups in total. The molecular weight excluding hydrogens is 432 g/mol. The molecule has 0 spiro atoms. The number of benzene rings is 3. The standard InChI is InChI=1S/C23H24N2O6S/c1-16-6-4-5-7-20(16)25-32(27,28)19-11-8-17(9-12-19)31-15-23(26)24-21-13-10-18(29-2)14-22(21)30-3/h4-14,25H,15H2,1-3H3,(H,24,26). The average molecular weight is 457 g/mol. The summed E-state index contributed by atoms with van der Waals surface area (Å²) in [5, 5.41) is 2.70. The number of aryl methyl sites for hydroxylation is 1. The quantitative estimate of drug-likeness (QED) is 0.507. The Bertz CT molecular complexity index is 1190. The molecule has 0 atom stereocenters. The molecule has 168 valence electrons. The van der Waals surface area contributed by atoms with Crippen molar-refractivity contribution in [3.63, 3.8) is 0 Å². The third-order valence-corrected chi connectivity index (χ3v) is 5.96. The molecule has 0 radical (unpaired) electrons. The highest BCUT2D eigenvalue weighted by Gasteiger charge is 2.15. The fraction of sp³-hybridized carbons (Fsp3) is 0.174. The number of anilines is 2. The Morgan fingerprint density at radius 1 is 0.875 bits per heavy atom. The molecule has 3 rings (SSSR count). The molecule has 0 heterocycles. The first-order valence-corrected chi connectivity index (χ1v) is 11.1. The topological polar surface area (TPSA) is 103 Å². The minimum Gasteiger partial charge on any atom is -0.497 e. The number of methoxy groups -OCH3 is 2. The van der Waals surface area contributed by atoms with Gasteiger partial charge in [-0.2, -0.15) is 0 Å². The van der Waals surface area contributed by atoms with E-state index in [0.29, 0.717) is 28.6 Å². The van der Waals surface area contributed by atoms with Crippen molar-refractivity contribution in [1.82, 2.24) is 0 Å². The van der Waals surface area contributed by atoms with Crippen LogP contribution in [0, 0.1) is 6.92 Å². The van der Waals surface area contributed by atoms with Crippen LogP contribution in [0.25, 0.3) is 0 Å². The van der Waals surface area contributed by atoms with Gasteiger partial charge in [-0.3, -0.25) is 9.52 Å². The van der Waals surface area contributed by atoms with Crippen molar-refractivity contribution in [2.24, 2.45) is 0 Å². The second-order valence-electron chi connectivity index (χ2n) is 6.79. The van der Waals surface area contributed by atoms with Crippen LogP contribution < -0.4 is 24.2 Å². The predicted molar refractivity (Wildman–Crippen MR) is 122 cm³/mol. The molecular formula is C23H24N2O6S. The van der Waals surface area contributed by atoms with E-state index in [1.165, 1.54) is 38.5 Å².